The molecule has 0 aliphatic rings. The molecule has 0 aliphatic heterocycles. The molecule has 0 heterocycles. The predicted octanol–water partition coefficient (Wildman–Crippen LogP) is 10.6. The van der Waals surface area contributed by atoms with Gasteiger partial charge in [-0.3, -0.25) is 4.57 Å². The van der Waals surface area contributed by atoms with Gasteiger partial charge < -0.3 is 4.52 Å². The number of hydrogen-bond acceptors (Lipinski definition) is 5. The molecule has 0 aromatic carbocycles. The van der Waals surface area contributed by atoms with Crippen molar-refractivity contribution in [1.82, 2.24) is 0 Å². The monoisotopic (exact) mass is 498 g/mol. The van der Waals surface area contributed by atoms with Crippen LogP contribution >= 0.6 is 40.3 Å². The first-order valence-corrected chi connectivity index (χ1v) is 18.6. The van der Waals surface area contributed by atoms with Gasteiger partial charge in [0.2, 0.25) is 0 Å². The van der Waals surface area contributed by atoms with E-state index in [4.69, 9.17) is 4.52 Å². The average Bonchev–Trinajstić information content (AvgIpc) is 2.73. The second-order valence-electron chi connectivity index (χ2n) is 8.23. The Morgan fingerprint density at radius 1 is 0.700 bits per heavy atom. The Bertz CT molecular complexity index is 397. The van der Waals surface area contributed by atoms with Crippen molar-refractivity contribution in [3.05, 3.63) is 0 Å². The van der Waals surface area contributed by atoms with Crippen LogP contribution in [-0.4, -0.2) is 29.1 Å². The second kappa shape index (κ2) is 23.4. The molecule has 0 aromatic heterocycles. The maximum atomic E-state index is 12.8. The molecule has 0 bridgehead atoms. The van der Waals surface area contributed by atoms with Crippen molar-refractivity contribution in [3.63, 3.8) is 0 Å². The minimum absolute atomic E-state index is 0.401. The summed E-state index contributed by atoms with van der Waals surface area (Å²) in [6.45, 7) is 9.05. The first kappa shape index (κ1) is 31.2. The molecule has 0 spiro atoms. The van der Waals surface area contributed by atoms with E-state index in [1.165, 1.54) is 95.6 Å². The summed E-state index contributed by atoms with van der Waals surface area (Å²) in [5, 5.41) is 0.401. The molecule has 0 N–H and O–H groups in total. The molecule has 0 rings (SSSR count). The van der Waals surface area contributed by atoms with E-state index in [-0.39, 0.29) is 0 Å². The molecule has 2 atom stereocenters. The molecule has 182 valence electrons. The van der Waals surface area contributed by atoms with Crippen LogP contribution in [0.25, 0.3) is 0 Å². The van der Waals surface area contributed by atoms with Crippen LogP contribution in [0.2, 0.25) is 0 Å². The highest BCUT2D eigenvalue weighted by atomic mass is 33.1. The van der Waals surface area contributed by atoms with Gasteiger partial charge in [-0.1, -0.05) is 127 Å². The van der Waals surface area contributed by atoms with E-state index in [9.17, 15) is 4.57 Å². The summed E-state index contributed by atoms with van der Waals surface area (Å²) in [5.41, 5.74) is 0. The summed E-state index contributed by atoms with van der Waals surface area (Å²) in [4.78, 5) is 0. The maximum Gasteiger partial charge on any atom is 0.313 e. The van der Waals surface area contributed by atoms with Crippen molar-refractivity contribution in [3.8, 4) is 0 Å². The van der Waals surface area contributed by atoms with Gasteiger partial charge in [-0.25, -0.2) is 0 Å². The largest absolute Gasteiger partial charge is 0.314 e. The summed E-state index contributed by atoms with van der Waals surface area (Å²) in [6, 6.07) is 0. The molecule has 30 heavy (non-hydrogen) atoms. The smallest absolute Gasteiger partial charge is 0.313 e. The number of hydrogen-bond donors (Lipinski definition) is 0. The molecule has 0 saturated carbocycles. The van der Waals surface area contributed by atoms with Gasteiger partial charge in [0.05, 0.1) is 6.61 Å². The van der Waals surface area contributed by atoms with Crippen LogP contribution in [0, 0.1) is 0 Å². The van der Waals surface area contributed by atoms with E-state index in [1.807, 2.05) is 18.7 Å². The number of unbranched alkanes of at least 4 members (excludes halogenated alkanes) is 13. The maximum absolute atomic E-state index is 12.8. The fourth-order valence-electron chi connectivity index (χ4n) is 3.26. The van der Waals surface area contributed by atoms with Crippen LogP contribution < -0.4 is 0 Å². The fraction of sp³-hybridized carbons (Fsp3) is 1.00. The highest BCUT2D eigenvalue weighted by molar-refractivity contribution is 8.89. The second-order valence-corrected chi connectivity index (χ2v) is 17.3. The van der Waals surface area contributed by atoms with Gasteiger partial charge in [-0.05, 0) is 25.5 Å². The lowest BCUT2D eigenvalue weighted by atomic mass is 10.0. The molecular weight excluding hydrogens is 447 g/mol. The van der Waals surface area contributed by atoms with Gasteiger partial charge in [0.1, 0.15) is 0 Å². The zero-order valence-electron chi connectivity index (χ0n) is 20.5. The van der Waals surface area contributed by atoms with Crippen LogP contribution in [0.1, 0.15) is 124 Å². The summed E-state index contributed by atoms with van der Waals surface area (Å²) in [5.74, 6) is 0.702. The van der Waals surface area contributed by atoms with Gasteiger partial charge in [0.25, 0.3) is 0 Å². The Kier molecular flexibility index (Phi) is 24.4. The standard InChI is InChI=1S/C24H51O2PS3/c1-5-8-9-10-11-12-13-14-15-16-17-18-19-20-21-28-22-23-29-27(25,26-7-3)30-24(4)6-2/h24H,5-23H2,1-4H3. The summed E-state index contributed by atoms with van der Waals surface area (Å²) in [6.07, 6.45) is 20.9. The fourth-order valence-corrected chi connectivity index (χ4v) is 12.8. The molecule has 6 heteroatoms. The van der Waals surface area contributed by atoms with Crippen molar-refractivity contribution >= 4 is 40.3 Å². The van der Waals surface area contributed by atoms with Crippen molar-refractivity contribution < 1.29 is 9.09 Å². The molecule has 0 fully saturated rings. The van der Waals surface area contributed by atoms with E-state index >= 15 is 0 Å². The van der Waals surface area contributed by atoms with Gasteiger partial charge in [-0.2, -0.15) is 11.8 Å². The minimum Gasteiger partial charge on any atom is -0.314 e. The molecule has 0 amide bonds. The van der Waals surface area contributed by atoms with E-state index in [0.717, 1.165) is 17.9 Å². The molecule has 0 saturated heterocycles. The van der Waals surface area contributed by atoms with Gasteiger partial charge in [-0.15, -0.1) is 0 Å². The normalized spacial score (nSPS) is 14.7. The zero-order chi connectivity index (χ0) is 22.3. The molecule has 2 nitrogen and oxygen atoms in total. The molecule has 2 unspecified atom stereocenters. The van der Waals surface area contributed by atoms with Crippen LogP contribution in [0.5, 0.6) is 0 Å². The van der Waals surface area contributed by atoms with E-state index < -0.39 is 5.77 Å². The predicted molar refractivity (Wildman–Crippen MR) is 147 cm³/mol. The van der Waals surface area contributed by atoms with Crippen molar-refractivity contribution in [2.45, 2.75) is 129 Å². The van der Waals surface area contributed by atoms with Crippen molar-refractivity contribution in [2.24, 2.45) is 0 Å². The van der Waals surface area contributed by atoms with E-state index in [1.54, 1.807) is 22.8 Å². The van der Waals surface area contributed by atoms with Crippen molar-refractivity contribution in [2.75, 3.05) is 23.9 Å². The average molecular weight is 499 g/mol. The quantitative estimate of drug-likeness (QED) is 0.0973. The SMILES string of the molecule is CCCCCCCCCCCCCCCCSCCSP(=O)(OCC)SC(C)CC. The van der Waals surface area contributed by atoms with Crippen LogP contribution in [-0.2, 0) is 9.09 Å². The Morgan fingerprint density at radius 2 is 1.20 bits per heavy atom. The van der Waals surface area contributed by atoms with Gasteiger partial charge in [0.15, 0.2) is 0 Å². The zero-order valence-corrected chi connectivity index (χ0v) is 23.8. The summed E-state index contributed by atoms with van der Waals surface area (Å²) < 4.78 is 18.5. The number of rotatable bonds is 24. The lowest BCUT2D eigenvalue weighted by molar-refractivity contribution is 0.357. The summed E-state index contributed by atoms with van der Waals surface area (Å²) >= 11 is 5.12. The summed E-state index contributed by atoms with van der Waals surface area (Å²) in [7, 11) is 0. The van der Waals surface area contributed by atoms with Crippen LogP contribution in [0.4, 0.5) is 0 Å². The third-order valence-electron chi connectivity index (χ3n) is 5.29. The molecule has 0 aromatic rings. The molecule has 0 radical (unpaired) electrons. The first-order valence-electron chi connectivity index (χ1n) is 12.7. The van der Waals surface area contributed by atoms with Crippen LogP contribution in [0.3, 0.4) is 0 Å². The van der Waals surface area contributed by atoms with E-state index in [2.05, 4.69) is 20.8 Å². The number of thioether (sulfide) groups is 1. The van der Waals surface area contributed by atoms with Gasteiger partial charge in [0, 0.05) is 16.8 Å². The third-order valence-corrected chi connectivity index (χ3v) is 14.6. The Balaban J connectivity index is 3.38. The Morgan fingerprint density at radius 3 is 1.67 bits per heavy atom. The van der Waals surface area contributed by atoms with E-state index in [0.29, 0.717) is 11.9 Å². The first-order chi connectivity index (χ1) is 14.6. The lowest BCUT2D eigenvalue weighted by Crippen LogP contribution is -1.95. The van der Waals surface area contributed by atoms with Crippen LogP contribution in [0.15, 0.2) is 0 Å². The van der Waals surface area contributed by atoms with Gasteiger partial charge >= 0.3 is 5.77 Å². The Hall–Kier alpha value is 1.24. The Labute approximate surface area is 201 Å². The third kappa shape index (κ3) is 21.1. The highest BCUT2D eigenvalue weighted by Crippen LogP contribution is 2.71. The molecule has 0 aliphatic carbocycles. The highest BCUT2D eigenvalue weighted by Gasteiger charge is 2.26. The molecular formula is C24H51O2PS3. The van der Waals surface area contributed by atoms with Crippen molar-refractivity contribution in [1.29, 1.82) is 0 Å². The topological polar surface area (TPSA) is 26.3 Å². The minimum atomic E-state index is -2.56. The lowest BCUT2D eigenvalue weighted by Gasteiger charge is -2.19.